The zero-order valence-corrected chi connectivity index (χ0v) is 17.2. The van der Waals surface area contributed by atoms with Crippen molar-refractivity contribution in [3.63, 3.8) is 0 Å². The third-order valence-electron chi connectivity index (χ3n) is 4.49. The van der Waals surface area contributed by atoms with Gasteiger partial charge in [-0.2, -0.15) is 0 Å². The number of nitrogens with one attached hydrogen (secondary N) is 2. The van der Waals surface area contributed by atoms with E-state index in [2.05, 4.69) is 15.6 Å². The summed E-state index contributed by atoms with van der Waals surface area (Å²) in [6.07, 6.45) is 5.35. The molecular weight excluding hydrogens is 392 g/mol. The molecule has 4 rings (SSSR count). The monoisotopic (exact) mass is 412 g/mol. The Morgan fingerprint density at radius 3 is 2.79 bits per heavy atom. The van der Waals surface area contributed by atoms with Crippen molar-refractivity contribution in [2.75, 3.05) is 5.32 Å². The van der Waals surface area contributed by atoms with E-state index in [9.17, 15) is 9.59 Å². The van der Waals surface area contributed by atoms with E-state index < -0.39 is 5.54 Å². The molecule has 2 heterocycles. The molecule has 0 radical (unpaired) electrons. The fourth-order valence-corrected chi connectivity index (χ4v) is 4.53. The summed E-state index contributed by atoms with van der Waals surface area (Å²) in [5.41, 5.74) is 0.630. The average Bonchev–Trinajstić information content (AvgIpc) is 3.35. The maximum atomic E-state index is 12.3. The van der Waals surface area contributed by atoms with E-state index in [1.807, 2.05) is 44.2 Å². The second-order valence-corrected chi connectivity index (χ2v) is 9.33. The number of aromatic nitrogens is 1. The Bertz CT molecular complexity index is 975. The van der Waals surface area contributed by atoms with Gasteiger partial charge in [-0.15, -0.1) is 0 Å². The predicted molar refractivity (Wildman–Crippen MR) is 114 cm³/mol. The van der Waals surface area contributed by atoms with Gasteiger partial charge in [-0.25, -0.2) is 4.98 Å². The van der Waals surface area contributed by atoms with Gasteiger partial charge >= 0.3 is 0 Å². The first-order valence-electron chi connectivity index (χ1n) is 9.04. The highest BCUT2D eigenvalue weighted by molar-refractivity contribution is 8.18. The fraction of sp³-hybridized carbons (Fsp3) is 0.300. The molecule has 0 bridgehead atoms. The normalized spacial score (nSPS) is 19.9. The second-order valence-electron chi connectivity index (χ2n) is 7.24. The Balaban J connectivity index is 1.47. The van der Waals surface area contributed by atoms with Gasteiger partial charge in [0, 0.05) is 12.1 Å². The minimum atomic E-state index is -0.447. The number of carbonyl (C=O) groups is 2. The van der Waals surface area contributed by atoms with Crippen LogP contribution in [0.5, 0.6) is 0 Å². The lowest BCUT2D eigenvalue weighted by Gasteiger charge is -2.20. The smallest absolute Gasteiger partial charge is 0.264 e. The van der Waals surface area contributed by atoms with E-state index in [0.29, 0.717) is 15.2 Å². The molecule has 1 saturated carbocycles. The van der Waals surface area contributed by atoms with Crippen LogP contribution in [-0.2, 0) is 15.1 Å². The van der Waals surface area contributed by atoms with Crippen LogP contribution < -0.4 is 10.6 Å². The van der Waals surface area contributed by atoms with E-state index in [4.69, 9.17) is 4.99 Å². The number of hydrogen-bond donors (Lipinski definition) is 2. The summed E-state index contributed by atoms with van der Waals surface area (Å²) in [7, 11) is 0. The van der Waals surface area contributed by atoms with E-state index in [1.165, 1.54) is 23.1 Å². The van der Waals surface area contributed by atoms with Crippen molar-refractivity contribution in [3.8, 4) is 0 Å². The van der Waals surface area contributed by atoms with E-state index in [0.717, 1.165) is 23.3 Å². The maximum Gasteiger partial charge on any atom is 0.264 e. The molecule has 2 aliphatic rings. The van der Waals surface area contributed by atoms with Gasteiger partial charge in [0.2, 0.25) is 5.91 Å². The first-order valence-corrected chi connectivity index (χ1v) is 10.7. The fourth-order valence-electron chi connectivity index (χ4n) is 2.74. The number of amidine groups is 1. The molecule has 0 unspecified atom stereocenters. The summed E-state index contributed by atoms with van der Waals surface area (Å²) in [4.78, 5) is 34.5. The lowest BCUT2D eigenvalue weighted by molar-refractivity contribution is -0.117. The Labute approximate surface area is 171 Å². The Kier molecular flexibility index (Phi) is 5.07. The first kappa shape index (κ1) is 18.9. The molecule has 1 aliphatic heterocycles. The molecule has 2 fully saturated rings. The predicted octanol–water partition coefficient (Wildman–Crippen LogP) is 3.99. The maximum absolute atomic E-state index is 12.3. The van der Waals surface area contributed by atoms with Gasteiger partial charge < -0.3 is 10.6 Å². The largest absolute Gasteiger partial charge is 0.302 e. The molecule has 1 saturated heterocycles. The van der Waals surface area contributed by atoms with Crippen LogP contribution in [0.15, 0.2) is 46.4 Å². The molecule has 2 aromatic rings. The highest BCUT2D eigenvalue weighted by atomic mass is 32.2. The number of carbonyl (C=O) groups excluding carboxylic acids is 2. The summed E-state index contributed by atoms with van der Waals surface area (Å²) >= 11 is 2.67. The SMILES string of the molecule is CC(C)(N=C1NC(=O)C(=Cc2cnc(NC(=O)C3CC3)s2)S1)c1ccccc1. The molecule has 144 valence electrons. The van der Waals surface area contributed by atoms with Gasteiger partial charge in [0.05, 0.1) is 15.3 Å². The molecule has 0 atom stereocenters. The zero-order valence-electron chi connectivity index (χ0n) is 15.6. The number of thiazole rings is 1. The highest BCUT2D eigenvalue weighted by Gasteiger charge is 2.30. The van der Waals surface area contributed by atoms with Crippen molar-refractivity contribution >= 4 is 51.3 Å². The van der Waals surface area contributed by atoms with Crippen molar-refractivity contribution in [2.45, 2.75) is 32.2 Å². The lowest BCUT2D eigenvalue weighted by Crippen LogP contribution is -2.24. The summed E-state index contributed by atoms with van der Waals surface area (Å²) in [6.45, 7) is 4.03. The number of rotatable bonds is 5. The van der Waals surface area contributed by atoms with Crippen molar-refractivity contribution in [1.29, 1.82) is 0 Å². The van der Waals surface area contributed by atoms with Crippen LogP contribution >= 0.6 is 23.1 Å². The van der Waals surface area contributed by atoms with Crippen LogP contribution in [0, 0.1) is 5.92 Å². The van der Waals surface area contributed by atoms with Crippen LogP contribution in [0.3, 0.4) is 0 Å². The van der Waals surface area contributed by atoms with Crippen LogP contribution in [0.1, 0.15) is 37.1 Å². The van der Waals surface area contributed by atoms with E-state index in [1.54, 1.807) is 12.3 Å². The summed E-state index contributed by atoms with van der Waals surface area (Å²) in [5.74, 6) is -0.0164. The second kappa shape index (κ2) is 7.52. The minimum absolute atomic E-state index is 0.0269. The van der Waals surface area contributed by atoms with Gasteiger partial charge in [-0.05, 0) is 50.1 Å². The standard InChI is InChI=1S/C20H20N4O2S2/c1-20(2,13-6-4-3-5-7-13)24-19-23-17(26)15(28-19)10-14-11-21-18(27-14)22-16(25)12-8-9-12/h3-7,10-12H,8-9H2,1-2H3,(H,21,22,25)(H,23,24,26). The summed E-state index contributed by atoms with van der Waals surface area (Å²) < 4.78 is 0. The first-order chi connectivity index (χ1) is 13.4. The molecule has 1 aliphatic carbocycles. The molecule has 6 nitrogen and oxygen atoms in total. The average molecular weight is 413 g/mol. The minimum Gasteiger partial charge on any atom is -0.302 e. The van der Waals surface area contributed by atoms with Gasteiger partial charge in [-0.3, -0.25) is 14.6 Å². The van der Waals surface area contributed by atoms with Crippen molar-refractivity contribution in [1.82, 2.24) is 10.3 Å². The topological polar surface area (TPSA) is 83.4 Å². The van der Waals surface area contributed by atoms with Gasteiger partial charge in [-0.1, -0.05) is 41.7 Å². The number of benzene rings is 1. The molecule has 28 heavy (non-hydrogen) atoms. The molecule has 8 heteroatoms. The van der Waals surface area contributed by atoms with Crippen molar-refractivity contribution in [2.24, 2.45) is 10.9 Å². The van der Waals surface area contributed by atoms with Gasteiger partial charge in [0.15, 0.2) is 10.3 Å². The molecule has 2 N–H and O–H groups in total. The number of thioether (sulfide) groups is 1. The molecular formula is C20H20N4O2S2. The number of anilines is 1. The van der Waals surface area contributed by atoms with Gasteiger partial charge in [0.25, 0.3) is 5.91 Å². The molecule has 0 spiro atoms. The quantitative estimate of drug-likeness (QED) is 0.728. The van der Waals surface area contributed by atoms with Crippen LogP contribution in [0.25, 0.3) is 6.08 Å². The van der Waals surface area contributed by atoms with Crippen molar-refractivity contribution < 1.29 is 9.59 Å². The Morgan fingerprint density at radius 2 is 2.07 bits per heavy atom. The van der Waals surface area contributed by atoms with Gasteiger partial charge in [0.1, 0.15) is 0 Å². The molecule has 1 aromatic carbocycles. The number of amides is 2. The van der Waals surface area contributed by atoms with E-state index >= 15 is 0 Å². The third kappa shape index (κ3) is 4.34. The number of hydrogen-bond acceptors (Lipinski definition) is 6. The number of nitrogens with zero attached hydrogens (tertiary/aromatic N) is 2. The third-order valence-corrected chi connectivity index (χ3v) is 6.26. The summed E-state index contributed by atoms with van der Waals surface area (Å²) in [5, 5.41) is 6.80. The Morgan fingerprint density at radius 1 is 1.32 bits per heavy atom. The number of aliphatic imine (C=N–C) groups is 1. The lowest BCUT2D eigenvalue weighted by atomic mass is 9.95. The molecule has 1 aromatic heterocycles. The van der Waals surface area contributed by atoms with E-state index in [-0.39, 0.29) is 17.7 Å². The Hall–Kier alpha value is -2.45. The highest BCUT2D eigenvalue weighted by Crippen LogP contribution is 2.33. The summed E-state index contributed by atoms with van der Waals surface area (Å²) in [6, 6.07) is 9.98. The van der Waals surface area contributed by atoms with Crippen LogP contribution in [0.4, 0.5) is 5.13 Å². The zero-order chi connectivity index (χ0) is 19.7. The molecule has 2 amide bonds. The van der Waals surface area contributed by atoms with Crippen LogP contribution in [0.2, 0.25) is 0 Å². The van der Waals surface area contributed by atoms with Crippen LogP contribution in [-0.4, -0.2) is 22.0 Å². The van der Waals surface area contributed by atoms with Crippen molar-refractivity contribution in [3.05, 3.63) is 51.9 Å².